The van der Waals surface area contributed by atoms with E-state index in [9.17, 15) is 0 Å². The van der Waals surface area contributed by atoms with E-state index in [4.69, 9.17) is 5.73 Å². The van der Waals surface area contributed by atoms with Crippen LogP contribution in [0.5, 0.6) is 0 Å². The van der Waals surface area contributed by atoms with Crippen LogP contribution in [0.15, 0.2) is 30.6 Å². The van der Waals surface area contributed by atoms with Crippen molar-refractivity contribution >= 4 is 16.7 Å². The summed E-state index contributed by atoms with van der Waals surface area (Å²) < 4.78 is 1.74. The van der Waals surface area contributed by atoms with Crippen molar-refractivity contribution in [2.24, 2.45) is 7.05 Å². The standard InChI is InChI=1S/C11H11N5/c1-16-6-7(5-13-16)11-14-9-4-2-3-8(12)10(9)15-11/h2-6H,12H2,1H3,(H,14,15). The van der Waals surface area contributed by atoms with Gasteiger partial charge in [-0.15, -0.1) is 0 Å². The summed E-state index contributed by atoms with van der Waals surface area (Å²) >= 11 is 0. The molecule has 0 radical (unpaired) electrons. The van der Waals surface area contributed by atoms with Gasteiger partial charge in [0.25, 0.3) is 0 Å². The van der Waals surface area contributed by atoms with Crippen molar-refractivity contribution < 1.29 is 0 Å². The number of fused-ring (bicyclic) bond motifs is 1. The molecule has 16 heavy (non-hydrogen) atoms. The Hall–Kier alpha value is -2.30. The first-order valence-electron chi connectivity index (χ1n) is 4.97. The molecule has 5 nitrogen and oxygen atoms in total. The molecule has 3 aromatic rings. The van der Waals surface area contributed by atoms with Gasteiger partial charge in [0.15, 0.2) is 0 Å². The molecule has 0 fully saturated rings. The molecule has 0 saturated carbocycles. The molecule has 0 spiro atoms. The average Bonchev–Trinajstić information content (AvgIpc) is 2.84. The number of para-hydroxylation sites is 1. The van der Waals surface area contributed by atoms with E-state index < -0.39 is 0 Å². The normalized spacial score (nSPS) is 11.1. The van der Waals surface area contributed by atoms with Crippen LogP contribution in [0.4, 0.5) is 5.69 Å². The summed E-state index contributed by atoms with van der Waals surface area (Å²) in [6.07, 6.45) is 3.68. The molecular weight excluding hydrogens is 202 g/mol. The minimum atomic E-state index is 0.684. The number of hydrogen-bond acceptors (Lipinski definition) is 3. The van der Waals surface area contributed by atoms with E-state index in [1.165, 1.54) is 0 Å². The van der Waals surface area contributed by atoms with E-state index in [0.29, 0.717) is 5.69 Å². The minimum Gasteiger partial charge on any atom is -0.397 e. The summed E-state index contributed by atoms with van der Waals surface area (Å²) in [4.78, 5) is 7.68. The van der Waals surface area contributed by atoms with Crippen LogP contribution in [-0.4, -0.2) is 19.7 Å². The third-order valence-electron chi connectivity index (χ3n) is 2.52. The molecule has 0 unspecified atom stereocenters. The molecule has 0 saturated heterocycles. The molecule has 2 aromatic heterocycles. The fraction of sp³-hybridized carbons (Fsp3) is 0.0909. The number of nitrogen functional groups attached to an aromatic ring is 1. The van der Waals surface area contributed by atoms with Crippen LogP contribution in [-0.2, 0) is 7.05 Å². The lowest BCUT2D eigenvalue weighted by Crippen LogP contribution is -1.85. The maximum Gasteiger partial charge on any atom is 0.141 e. The number of benzene rings is 1. The predicted molar refractivity (Wildman–Crippen MR) is 62.7 cm³/mol. The highest BCUT2D eigenvalue weighted by Gasteiger charge is 2.08. The largest absolute Gasteiger partial charge is 0.397 e. The van der Waals surface area contributed by atoms with Gasteiger partial charge in [0.2, 0.25) is 0 Å². The van der Waals surface area contributed by atoms with Gasteiger partial charge in [-0.25, -0.2) is 4.98 Å². The van der Waals surface area contributed by atoms with E-state index in [0.717, 1.165) is 22.4 Å². The summed E-state index contributed by atoms with van der Waals surface area (Å²) in [7, 11) is 1.88. The Bertz CT molecular complexity index is 649. The van der Waals surface area contributed by atoms with Crippen molar-refractivity contribution in [3.8, 4) is 11.4 Å². The molecule has 5 heteroatoms. The number of hydrogen-bond donors (Lipinski definition) is 2. The summed E-state index contributed by atoms with van der Waals surface area (Å²) in [5.41, 5.74) is 9.24. The van der Waals surface area contributed by atoms with Gasteiger partial charge in [-0.05, 0) is 12.1 Å². The first-order chi connectivity index (χ1) is 7.74. The van der Waals surface area contributed by atoms with E-state index in [1.54, 1.807) is 10.9 Å². The van der Waals surface area contributed by atoms with Crippen molar-refractivity contribution in [1.82, 2.24) is 19.7 Å². The molecule has 0 atom stereocenters. The smallest absolute Gasteiger partial charge is 0.141 e. The Morgan fingerprint density at radius 1 is 1.38 bits per heavy atom. The topological polar surface area (TPSA) is 72.5 Å². The molecular formula is C11H11N5. The van der Waals surface area contributed by atoms with Crippen LogP contribution in [0.2, 0.25) is 0 Å². The third kappa shape index (κ3) is 1.25. The van der Waals surface area contributed by atoms with Gasteiger partial charge < -0.3 is 10.7 Å². The van der Waals surface area contributed by atoms with Gasteiger partial charge >= 0.3 is 0 Å². The lowest BCUT2D eigenvalue weighted by Gasteiger charge is -1.90. The van der Waals surface area contributed by atoms with Crippen molar-refractivity contribution in [3.05, 3.63) is 30.6 Å². The molecule has 3 rings (SSSR count). The molecule has 1 aromatic carbocycles. The highest BCUT2D eigenvalue weighted by atomic mass is 15.2. The van der Waals surface area contributed by atoms with E-state index in [-0.39, 0.29) is 0 Å². The van der Waals surface area contributed by atoms with Crippen LogP contribution in [0.1, 0.15) is 0 Å². The Morgan fingerprint density at radius 2 is 2.25 bits per heavy atom. The lowest BCUT2D eigenvalue weighted by atomic mass is 10.3. The highest BCUT2D eigenvalue weighted by Crippen LogP contribution is 2.23. The third-order valence-corrected chi connectivity index (χ3v) is 2.52. The molecule has 0 aliphatic carbocycles. The number of nitrogens with two attached hydrogens (primary N) is 1. The van der Waals surface area contributed by atoms with Crippen LogP contribution in [0, 0.1) is 0 Å². The average molecular weight is 213 g/mol. The molecule has 3 N–H and O–H groups in total. The Kier molecular flexibility index (Phi) is 1.73. The van der Waals surface area contributed by atoms with E-state index in [2.05, 4.69) is 15.1 Å². The second-order valence-corrected chi connectivity index (χ2v) is 3.73. The zero-order chi connectivity index (χ0) is 11.1. The molecule has 0 amide bonds. The number of nitrogens with zero attached hydrogens (tertiary/aromatic N) is 3. The second-order valence-electron chi connectivity index (χ2n) is 3.73. The zero-order valence-electron chi connectivity index (χ0n) is 8.81. The molecule has 80 valence electrons. The Morgan fingerprint density at radius 3 is 2.94 bits per heavy atom. The summed E-state index contributed by atoms with van der Waals surface area (Å²) in [5, 5.41) is 4.11. The van der Waals surface area contributed by atoms with Crippen molar-refractivity contribution in [2.45, 2.75) is 0 Å². The van der Waals surface area contributed by atoms with Gasteiger partial charge in [-0.1, -0.05) is 6.07 Å². The fourth-order valence-electron chi connectivity index (χ4n) is 1.73. The molecule has 2 heterocycles. The Balaban J connectivity index is 2.22. The number of nitrogens with one attached hydrogen (secondary N) is 1. The van der Waals surface area contributed by atoms with Gasteiger partial charge in [0, 0.05) is 13.2 Å². The maximum atomic E-state index is 5.85. The number of aromatic amines is 1. The number of rotatable bonds is 1. The van der Waals surface area contributed by atoms with Crippen LogP contribution in [0.3, 0.4) is 0 Å². The number of imidazole rings is 1. The SMILES string of the molecule is Cn1cc(-c2nc3c(N)cccc3[nH]2)cn1. The number of anilines is 1. The maximum absolute atomic E-state index is 5.85. The van der Waals surface area contributed by atoms with Crippen LogP contribution < -0.4 is 5.73 Å². The van der Waals surface area contributed by atoms with E-state index >= 15 is 0 Å². The molecule has 0 aliphatic heterocycles. The van der Waals surface area contributed by atoms with Gasteiger partial charge in [-0.3, -0.25) is 4.68 Å². The Labute approximate surface area is 91.9 Å². The molecule has 0 bridgehead atoms. The van der Waals surface area contributed by atoms with Crippen molar-refractivity contribution in [2.75, 3.05) is 5.73 Å². The predicted octanol–water partition coefficient (Wildman–Crippen LogP) is 1.55. The summed E-state index contributed by atoms with van der Waals surface area (Å²) in [5.74, 6) is 0.793. The lowest BCUT2D eigenvalue weighted by molar-refractivity contribution is 0.768. The highest BCUT2D eigenvalue weighted by molar-refractivity contribution is 5.89. The van der Waals surface area contributed by atoms with Crippen LogP contribution >= 0.6 is 0 Å². The quantitative estimate of drug-likeness (QED) is 0.602. The van der Waals surface area contributed by atoms with Crippen molar-refractivity contribution in [1.29, 1.82) is 0 Å². The van der Waals surface area contributed by atoms with E-state index in [1.807, 2.05) is 31.4 Å². The summed E-state index contributed by atoms with van der Waals surface area (Å²) in [6.45, 7) is 0. The second kappa shape index (κ2) is 3.10. The van der Waals surface area contributed by atoms with Crippen molar-refractivity contribution in [3.63, 3.8) is 0 Å². The number of aromatic nitrogens is 4. The van der Waals surface area contributed by atoms with Gasteiger partial charge in [0.1, 0.15) is 11.3 Å². The fourth-order valence-corrected chi connectivity index (χ4v) is 1.73. The number of aryl methyl sites for hydroxylation is 1. The first-order valence-corrected chi connectivity index (χ1v) is 4.97. The first kappa shape index (κ1) is 8.96. The zero-order valence-corrected chi connectivity index (χ0v) is 8.81. The summed E-state index contributed by atoms with van der Waals surface area (Å²) in [6, 6.07) is 5.71. The monoisotopic (exact) mass is 213 g/mol. The minimum absolute atomic E-state index is 0.684. The number of H-pyrrole nitrogens is 1. The van der Waals surface area contributed by atoms with Gasteiger partial charge in [-0.2, -0.15) is 5.10 Å². The van der Waals surface area contributed by atoms with Crippen LogP contribution in [0.25, 0.3) is 22.4 Å². The molecule has 0 aliphatic rings. The van der Waals surface area contributed by atoms with Gasteiger partial charge in [0.05, 0.1) is 23.0 Å².